The Morgan fingerprint density at radius 1 is 1.22 bits per heavy atom. The van der Waals surface area contributed by atoms with Crippen molar-refractivity contribution in [2.24, 2.45) is 23.7 Å². The largest absolute Gasteiger partial charge is 0.457 e. The Hall–Kier alpha value is -0.560. The van der Waals surface area contributed by atoms with Gasteiger partial charge in [-0.1, -0.05) is 0 Å². The summed E-state index contributed by atoms with van der Waals surface area (Å²) in [5.74, 6) is -0.370. The molecular formula is C11H14F2O4S. The number of hydrogen-bond acceptors (Lipinski definition) is 3. The third-order valence-corrected chi connectivity index (χ3v) is 5.28. The molecule has 0 saturated heterocycles. The van der Waals surface area contributed by atoms with Gasteiger partial charge in [0.25, 0.3) is 0 Å². The fourth-order valence-corrected chi connectivity index (χ4v) is 4.31. The van der Waals surface area contributed by atoms with Gasteiger partial charge in [0.1, 0.15) is 6.10 Å². The van der Waals surface area contributed by atoms with Crippen LogP contribution in [0.5, 0.6) is 0 Å². The van der Waals surface area contributed by atoms with Crippen LogP contribution in [0.15, 0.2) is 0 Å². The number of carbonyl (C=O) groups excluding carboxylic acids is 1. The van der Waals surface area contributed by atoms with E-state index in [0.29, 0.717) is 11.8 Å². The summed E-state index contributed by atoms with van der Waals surface area (Å²) < 4.78 is 49.8. The van der Waals surface area contributed by atoms with Crippen LogP contribution >= 0.6 is 0 Å². The number of rotatable bonds is 3. The Labute approximate surface area is 105 Å². The number of carbonyl (C=O) groups is 1. The molecule has 4 bridgehead atoms. The van der Waals surface area contributed by atoms with Crippen molar-refractivity contribution in [3.8, 4) is 0 Å². The summed E-state index contributed by atoms with van der Waals surface area (Å²) in [6.45, 7) is 0. The van der Waals surface area contributed by atoms with Crippen LogP contribution in [0.4, 0.5) is 8.78 Å². The lowest BCUT2D eigenvalue weighted by Gasteiger charge is -2.32. The standard InChI is InChI=1S/C11H14F2O4S/c12-11(13,18(15)16)10(14)17-9-7-2-5-1-6(4-7)8(9)3-5/h5-9H,1-4H2,(H,15,16). The summed E-state index contributed by atoms with van der Waals surface area (Å²) in [4.78, 5) is 11.3. The van der Waals surface area contributed by atoms with E-state index in [9.17, 15) is 17.8 Å². The summed E-state index contributed by atoms with van der Waals surface area (Å²) in [5.41, 5.74) is 0. The minimum atomic E-state index is -4.32. The van der Waals surface area contributed by atoms with Gasteiger partial charge in [0.2, 0.25) is 11.1 Å². The lowest BCUT2D eigenvalue weighted by atomic mass is 9.80. The highest BCUT2D eigenvalue weighted by Gasteiger charge is 2.58. The monoisotopic (exact) mass is 280 g/mol. The van der Waals surface area contributed by atoms with E-state index in [2.05, 4.69) is 0 Å². The summed E-state index contributed by atoms with van der Waals surface area (Å²) in [6, 6.07) is 0. The third kappa shape index (κ3) is 1.71. The number of alkyl halides is 2. The second kappa shape index (κ2) is 3.96. The van der Waals surface area contributed by atoms with Crippen LogP contribution in [-0.4, -0.2) is 26.1 Å². The first-order chi connectivity index (χ1) is 8.39. The first kappa shape index (κ1) is 12.5. The van der Waals surface area contributed by atoms with Gasteiger partial charge in [0, 0.05) is 0 Å². The predicted octanol–water partition coefficient (Wildman–Crippen LogP) is 1.78. The van der Waals surface area contributed by atoms with Gasteiger partial charge in [-0.15, -0.1) is 0 Å². The molecular weight excluding hydrogens is 266 g/mol. The van der Waals surface area contributed by atoms with Gasteiger partial charge in [0.05, 0.1) is 0 Å². The van der Waals surface area contributed by atoms with Gasteiger partial charge < -0.3 is 9.29 Å². The normalized spacial score (nSPS) is 43.2. The minimum Gasteiger partial charge on any atom is -0.457 e. The van der Waals surface area contributed by atoms with Crippen molar-refractivity contribution >= 4 is 17.0 Å². The topological polar surface area (TPSA) is 63.6 Å². The molecule has 6 atom stereocenters. The quantitative estimate of drug-likeness (QED) is 0.632. The number of esters is 1. The molecule has 102 valence electrons. The average molecular weight is 280 g/mol. The Morgan fingerprint density at radius 2 is 1.89 bits per heavy atom. The zero-order valence-corrected chi connectivity index (χ0v) is 10.4. The van der Waals surface area contributed by atoms with Crippen LogP contribution in [0.3, 0.4) is 0 Å². The van der Waals surface area contributed by atoms with Gasteiger partial charge in [-0.2, -0.15) is 8.78 Å². The third-order valence-electron chi connectivity index (χ3n) is 4.68. The number of halogens is 2. The van der Waals surface area contributed by atoms with Crippen LogP contribution in [-0.2, 0) is 20.6 Å². The minimum absolute atomic E-state index is 0.166. The molecule has 18 heavy (non-hydrogen) atoms. The fourth-order valence-electron chi connectivity index (χ4n) is 4.12. The molecule has 4 aliphatic rings. The van der Waals surface area contributed by atoms with Crippen molar-refractivity contribution in [2.75, 3.05) is 0 Å². The molecule has 0 aromatic carbocycles. The highest BCUT2D eigenvalue weighted by atomic mass is 32.2. The van der Waals surface area contributed by atoms with E-state index >= 15 is 0 Å². The summed E-state index contributed by atoms with van der Waals surface area (Å²) in [6.07, 6.45) is 3.44. The second-order valence-electron chi connectivity index (χ2n) is 5.63. The van der Waals surface area contributed by atoms with E-state index in [1.54, 1.807) is 0 Å². The number of hydrogen-bond donors (Lipinski definition) is 1. The zero-order chi connectivity index (χ0) is 13.1. The van der Waals surface area contributed by atoms with Crippen LogP contribution in [0.2, 0.25) is 0 Å². The lowest BCUT2D eigenvalue weighted by molar-refractivity contribution is -0.172. The lowest BCUT2D eigenvalue weighted by Crippen LogP contribution is -2.41. The molecule has 7 heteroatoms. The molecule has 0 aromatic rings. The van der Waals surface area contributed by atoms with E-state index in [1.165, 1.54) is 0 Å². The molecule has 4 nitrogen and oxygen atoms in total. The maximum Gasteiger partial charge on any atom is 0.439 e. The van der Waals surface area contributed by atoms with Gasteiger partial charge >= 0.3 is 11.2 Å². The summed E-state index contributed by atoms with van der Waals surface area (Å²) in [5, 5.41) is -4.32. The van der Waals surface area contributed by atoms with Crippen LogP contribution < -0.4 is 0 Å². The Morgan fingerprint density at radius 3 is 2.50 bits per heavy atom. The predicted molar refractivity (Wildman–Crippen MR) is 58.0 cm³/mol. The van der Waals surface area contributed by atoms with Gasteiger partial charge in [-0.3, -0.25) is 0 Å². The smallest absolute Gasteiger partial charge is 0.439 e. The van der Waals surface area contributed by atoms with Crippen molar-refractivity contribution in [1.82, 2.24) is 0 Å². The van der Waals surface area contributed by atoms with Gasteiger partial charge in [-0.05, 0) is 49.4 Å². The van der Waals surface area contributed by atoms with Gasteiger partial charge in [-0.25, -0.2) is 9.00 Å². The zero-order valence-electron chi connectivity index (χ0n) is 9.55. The van der Waals surface area contributed by atoms with Crippen molar-refractivity contribution in [3.63, 3.8) is 0 Å². The average Bonchev–Trinajstić information content (AvgIpc) is 2.70. The van der Waals surface area contributed by atoms with E-state index in [1.807, 2.05) is 0 Å². The molecule has 4 rings (SSSR count). The highest BCUT2D eigenvalue weighted by molar-refractivity contribution is 7.81. The molecule has 4 aliphatic carbocycles. The number of ether oxygens (including phenoxy) is 1. The second-order valence-corrected chi connectivity index (χ2v) is 6.64. The van der Waals surface area contributed by atoms with Crippen molar-refractivity contribution in [3.05, 3.63) is 0 Å². The molecule has 0 aliphatic heterocycles. The maximum absolute atomic E-state index is 13.1. The first-order valence-electron chi connectivity index (χ1n) is 6.09. The summed E-state index contributed by atoms with van der Waals surface area (Å²) in [7, 11) is 0. The van der Waals surface area contributed by atoms with E-state index < -0.39 is 28.4 Å². The highest BCUT2D eigenvalue weighted by Crippen LogP contribution is 2.59. The van der Waals surface area contributed by atoms with Crippen LogP contribution in [0, 0.1) is 23.7 Å². The molecule has 1 N–H and O–H groups in total. The Kier molecular flexibility index (Phi) is 2.75. The molecule has 0 radical (unpaired) electrons. The Balaban J connectivity index is 1.71. The molecule has 0 heterocycles. The van der Waals surface area contributed by atoms with Crippen molar-refractivity contribution in [1.29, 1.82) is 0 Å². The molecule has 6 unspecified atom stereocenters. The maximum atomic E-state index is 13.1. The molecule has 0 spiro atoms. The van der Waals surface area contributed by atoms with Crippen LogP contribution in [0.1, 0.15) is 25.7 Å². The molecule has 4 fully saturated rings. The van der Waals surface area contributed by atoms with E-state index in [0.717, 1.165) is 25.7 Å². The molecule has 0 aromatic heterocycles. The van der Waals surface area contributed by atoms with Gasteiger partial charge in [0.15, 0.2) is 0 Å². The Bertz CT molecular complexity index is 410. The SMILES string of the molecule is O=C(OC1C2CC3CC(C2)C1C3)C(F)(F)S(=O)O. The first-order valence-corrected chi connectivity index (χ1v) is 7.20. The molecule has 0 amide bonds. The summed E-state index contributed by atoms with van der Waals surface area (Å²) >= 11 is -3.52. The van der Waals surface area contributed by atoms with E-state index in [-0.39, 0.29) is 11.8 Å². The fraction of sp³-hybridized carbons (Fsp3) is 0.909. The van der Waals surface area contributed by atoms with Crippen molar-refractivity contribution in [2.45, 2.75) is 37.0 Å². The molecule has 4 saturated carbocycles. The van der Waals surface area contributed by atoms with Crippen molar-refractivity contribution < 1.29 is 27.1 Å². The van der Waals surface area contributed by atoms with Crippen LogP contribution in [0.25, 0.3) is 0 Å². The van der Waals surface area contributed by atoms with E-state index in [4.69, 9.17) is 9.29 Å².